The molecule has 2 atom stereocenters. The second kappa shape index (κ2) is 1.25. The summed E-state index contributed by atoms with van der Waals surface area (Å²) < 4.78 is 0. The van der Waals surface area contributed by atoms with Crippen molar-refractivity contribution < 1.29 is 0 Å². The first-order chi connectivity index (χ1) is 3.86. The number of rotatable bonds is 0. The fourth-order valence-corrected chi connectivity index (χ4v) is 1.72. The lowest BCUT2D eigenvalue weighted by atomic mass is 10.0. The molecule has 0 radical (unpaired) electrons. The Hall–Kier alpha value is -0.520. The third-order valence-corrected chi connectivity index (χ3v) is 2.22. The number of allylic oxidation sites excluding steroid dienone is 3. The summed E-state index contributed by atoms with van der Waals surface area (Å²) in [7, 11) is 0. The van der Waals surface area contributed by atoms with E-state index >= 15 is 0 Å². The van der Waals surface area contributed by atoms with Crippen molar-refractivity contribution in [1.29, 1.82) is 0 Å². The van der Waals surface area contributed by atoms with Gasteiger partial charge in [-0.25, -0.2) is 0 Å². The van der Waals surface area contributed by atoms with Gasteiger partial charge in [0, 0.05) is 0 Å². The Kier molecular flexibility index (Phi) is 0.682. The molecule has 2 aliphatic rings. The van der Waals surface area contributed by atoms with Crippen LogP contribution >= 0.6 is 0 Å². The molecular formula is C8H10. The summed E-state index contributed by atoms with van der Waals surface area (Å²) in [6, 6.07) is 0. The molecule has 0 N–H and O–H groups in total. The highest BCUT2D eigenvalue weighted by atomic mass is 14.3. The smallest absolute Gasteiger partial charge is 0.00199 e. The normalized spacial score (nSPS) is 41.8. The predicted molar refractivity (Wildman–Crippen MR) is 34.5 cm³/mol. The van der Waals surface area contributed by atoms with E-state index in [1.54, 1.807) is 0 Å². The van der Waals surface area contributed by atoms with Gasteiger partial charge in [0.05, 0.1) is 0 Å². The molecule has 8 heavy (non-hydrogen) atoms. The predicted octanol–water partition coefficient (Wildman–Crippen LogP) is 2.14. The van der Waals surface area contributed by atoms with Gasteiger partial charge in [-0.1, -0.05) is 24.3 Å². The van der Waals surface area contributed by atoms with Crippen molar-refractivity contribution >= 4 is 0 Å². The average molecular weight is 106 g/mol. The molecule has 0 heterocycles. The Morgan fingerprint density at radius 2 is 2.38 bits per heavy atom. The third-order valence-electron chi connectivity index (χ3n) is 2.22. The summed E-state index contributed by atoms with van der Waals surface area (Å²) >= 11 is 0. The lowest BCUT2D eigenvalue weighted by Crippen LogP contribution is -1.88. The van der Waals surface area contributed by atoms with Crippen LogP contribution < -0.4 is 0 Å². The summed E-state index contributed by atoms with van der Waals surface area (Å²) in [5.74, 6) is 1.63. The molecule has 0 aromatic rings. The van der Waals surface area contributed by atoms with Crippen molar-refractivity contribution in [2.24, 2.45) is 11.8 Å². The zero-order chi connectivity index (χ0) is 5.56. The maximum atomic E-state index is 3.99. The van der Waals surface area contributed by atoms with Crippen LogP contribution in [0.1, 0.15) is 12.8 Å². The number of hydrogen-bond acceptors (Lipinski definition) is 0. The van der Waals surface area contributed by atoms with Gasteiger partial charge in [-0.05, 0) is 24.7 Å². The molecule has 42 valence electrons. The van der Waals surface area contributed by atoms with Crippen molar-refractivity contribution in [2.75, 3.05) is 0 Å². The van der Waals surface area contributed by atoms with Crippen LogP contribution in [-0.2, 0) is 0 Å². The van der Waals surface area contributed by atoms with Gasteiger partial charge in [-0.15, -0.1) is 0 Å². The van der Waals surface area contributed by atoms with E-state index in [-0.39, 0.29) is 0 Å². The Bertz CT molecular complexity index is 153. The fraction of sp³-hybridized carbons (Fsp3) is 0.500. The van der Waals surface area contributed by atoms with Gasteiger partial charge < -0.3 is 0 Å². The van der Waals surface area contributed by atoms with Crippen molar-refractivity contribution in [3.05, 3.63) is 24.3 Å². The summed E-state index contributed by atoms with van der Waals surface area (Å²) in [5, 5.41) is 0. The molecule has 0 aromatic carbocycles. The van der Waals surface area contributed by atoms with Gasteiger partial charge in [0.2, 0.25) is 0 Å². The van der Waals surface area contributed by atoms with Crippen LogP contribution in [0.4, 0.5) is 0 Å². The standard InChI is InChI=1S/C8H10/c1-6-4-7-2-3-8(6)5-7/h2-3,7-8H,1,4-5H2. The highest BCUT2D eigenvalue weighted by Gasteiger charge is 2.28. The van der Waals surface area contributed by atoms with Crippen molar-refractivity contribution in [3.63, 3.8) is 0 Å². The third kappa shape index (κ3) is 0.405. The van der Waals surface area contributed by atoms with E-state index in [0.29, 0.717) is 0 Å². The molecule has 2 bridgehead atoms. The zero-order valence-corrected chi connectivity index (χ0v) is 4.93. The van der Waals surface area contributed by atoms with E-state index in [1.807, 2.05) is 0 Å². The highest BCUT2D eigenvalue weighted by molar-refractivity contribution is 5.24. The van der Waals surface area contributed by atoms with E-state index in [4.69, 9.17) is 0 Å². The summed E-state index contributed by atoms with van der Waals surface area (Å²) in [6.07, 6.45) is 7.26. The average Bonchev–Trinajstić information content (AvgIpc) is 2.23. The minimum Gasteiger partial charge on any atom is -0.0992 e. The minimum atomic E-state index is 0.764. The van der Waals surface area contributed by atoms with Crippen LogP contribution in [-0.4, -0.2) is 0 Å². The molecule has 2 aliphatic carbocycles. The van der Waals surface area contributed by atoms with Gasteiger partial charge in [-0.3, -0.25) is 0 Å². The zero-order valence-electron chi connectivity index (χ0n) is 4.93. The Morgan fingerprint density at radius 3 is 2.62 bits per heavy atom. The Morgan fingerprint density at radius 1 is 1.50 bits per heavy atom. The van der Waals surface area contributed by atoms with Crippen LogP contribution in [0.3, 0.4) is 0 Å². The second-order valence-corrected chi connectivity index (χ2v) is 2.85. The van der Waals surface area contributed by atoms with Gasteiger partial charge in [0.15, 0.2) is 0 Å². The van der Waals surface area contributed by atoms with Crippen molar-refractivity contribution in [1.82, 2.24) is 0 Å². The van der Waals surface area contributed by atoms with Gasteiger partial charge in [0.25, 0.3) is 0 Å². The highest BCUT2D eigenvalue weighted by Crippen LogP contribution is 2.41. The van der Waals surface area contributed by atoms with Crippen molar-refractivity contribution in [2.45, 2.75) is 12.8 Å². The first-order valence-electron chi connectivity index (χ1n) is 3.22. The summed E-state index contributed by atoms with van der Waals surface area (Å²) in [6.45, 7) is 3.99. The first-order valence-corrected chi connectivity index (χ1v) is 3.22. The number of fused-ring (bicyclic) bond motifs is 2. The molecule has 2 rings (SSSR count). The summed E-state index contributed by atoms with van der Waals surface area (Å²) in [5.41, 5.74) is 1.46. The van der Waals surface area contributed by atoms with E-state index in [0.717, 1.165) is 11.8 Å². The monoisotopic (exact) mass is 106 g/mol. The van der Waals surface area contributed by atoms with E-state index in [1.165, 1.54) is 18.4 Å². The Balaban J connectivity index is 2.35. The van der Waals surface area contributed by atoms with Crippen LogP contribution in [0.2, 0.25) is 0 Å². The molecule has 0 nitrogen and oxygen atoms in total. The van der Waals surface area contributed by atoms with Gasteiger partial charge >= 0.3 is 0 Å². The number of hydrogen-bond donors (Lipinski definition) is 0. The molecule has 0 spiro atoms. The lowest BCUT2D eigenvalue weighted by Gasteiger charge is -2.02. The molecule has 0 aliphatic heterocycles. The molecule has 1 saturated carbocycles. The maximum absolute atomic E-state index is 3.99. The quantitative estimate of drug-likeness (QED) is 0.415. The summed E-state index contributed by atoms with van der Waals surface area (Å²) in [4.78, 5) is 0. The largest absolute Gasteiger partial charge is 0.0992 e. The molecule has 0 heteroatoms. The molecule has 0 aromatic heterocycles. The molecule has 0 amide bonds. The molecule has 2 unspecified atom stereocenters. The Labute approximate surface area is 49.9 Å². The van der Waals surface area contributed by atoms with Crippen LogP contribution in [0.25, 0.3) is 0 Å². The molecule has 0 saturated heterocycles. The van der Waals surface area contributed by atoms with Crippen LogP contribution in [0.15, 0.2) is 24.3 Å². The van der Waals surface area contributed by atoms with Gasteiger partial charge in [0.1, 0.15) is 0 Å². The van der Waals surface area contributed by atoms with E-state index in [2.05, 4.69) is 18.7 Å². The van der Waals surface area contributed by atoms with Gasteiger partial charge in [-0.2, -0.15) is 0 Å². The van der Waals surface area contributed by atoms with Crippen molar-refractivity contribution in [3.8, 4) is 0 Å². The second-order valence-electron chi connectivity index (χ2n) is 2.85. The molecule has 1 fully saturated rings. The SMILES string of the molecule is C=C1CC2C=CC1C2. The topological polar surface area (TPSA) is 0 Å². The first kappa shape index (κ1) is 4.37. The fourth-order valence-electron chi connectivity index (χ4n) is 1.72. The molecular weight excluding hydrogens is 96.1 g/mol. The van der Waals surface area contributed by atoms with E-state index in [9.17, 15) is 0 Å². The van der Waals surface area contributed by atoms with Crippen LogP contribution in [0, 0.1) is 11.8 Å². The van der Waals surface area contributed by atoms with E-state index < -0.39 is 0 Å². The van der Waals surface area contributed by atoms with Crippen LogP contribution in [0.5, 0.6) is 0 Å². The maximum Gasteiger partial charge on any atom is -0.00199 e. The minimum absolute atomic E-state index is 0.764. The lowest BCUT2D eigenvalue weighted by molar-refractivity contribution is 0.693.